The van der Waals surface area contributed by atoms with Gasteiger partial charge in [-0.3, -0.25) is 9.69 Å². The molecule has 34 heavy (non-hydrogen) atoms. The topological polar surface area (TPSA) is 82.2 Å². The van der Waals surface area contributed by atoms with E-state index < -0.39 is 10.0 Å². The molecule has 2 aromatic rings. The Morgan fingerprint density at radius 1 is 0.912 bits per heavy atom. The number of amides is 1. The van der Waals surface area contributed by atoms with Crippen molar-refractivity contribution in [2.75, 3.05) is 69.2 Å². The normalized spacial score (nSPS) is 18.3. The second-order valence-corrected chi connectivity index (χ2v) is 11.0. The summed E-state index contributed by atoms with van der Waals surface area (Å²) in [6.45, 7) is 9.40. The van der Waals surface area contributed by atoms with Crippen LogP contribution in [0.4, 0.5) is 11.4 Å². The van der Waals surface area contributed by atoms with Crippen LogP contribution in [0.2, 0.25) is 0 Å². The number of rotatable bonds is 7. The van der Waals surface area contributed by atoms with Crippen molar-refractivity contribution in [1.29, 1.82) is 0 Å². The Balaban J connectivity index is 1.26. The number of hydrogen-bond donors (Lipinski definition) is 1. The van der Waals surface area contributed by atoms with Gasteiger partial charge in [0.25, 0.3) is 0 Å². The molecule has 0 aliphatic carbocycles. The predicted molar refractivity (Wildman–Crippen MR) is 134 cm³/mol. The summed E-state index contributed by atoms with van der Waals surface area (Å²) in [5.41, 5.74) is 3.00. The molecule has 2 fully saturated rings. The highest BCUT2D eigenvalue weighted by Gasteiger charge is 2.29. The van der Waals surface area contributed by atoms with Gasteiger partial charge in [-0.15, -0.1) is 0 Å². The highest BCUT2D eigenvalue weighted by Crippen LogP contribution is 2.22. The molecule has 2 heterocycles. The number of ether oxygens (including phenoxy) is 1. The Morgan fingerprint density at radius 3 is 2.12 bits per heavy atom. The molecule has 0 unspecified atom stereocenters. The van der Waals surface area contributed by atoms with E-state index in [1.165, 1.54) is 4.31 Å². The van der Waals surface area contributed by atoms with Crippen LogP contribution in [-0.2, 0) is 19.6 Å². The molecule has 0 radical (unpaired) electrons. The van der Waals surface area contributed by atoms with Gasteiger partial charge >= 0.3 is 0 Å². The molecule has 2 aromatic carbocycles. The van der Waals surface area contributed by atoms with E-state index in [0.717, 1.165) is 43.2 Å². The number of hydrogen-bond acceptors (Lipinski definition) is 6. The van der Waals surface area contributed by atoms with Crippen LogP contribution < -0.4 is 10.2 Å². The van der Waals surface area contributed by atoms with Crippen LogP contribution >= 0.6 is 0 Å². The number of nitrogens with one attached hydrogen (secondary N) is 1. The Morgan fingerprint density at radius 2 is 1.53 bits per heavy atom. The second-order valence-electron chi connectivity index (χ2n) is 9.10. The fourth-order valence-corrected chi connectivity index (χ4v) is 5.70. The lowest BCUT2D eigenvalue weighted by molar-refractivity contribution is -0.117. The fourth-order valence-electron chi connectivity index (χ4n) is 4.28. The number of benzene rings is 2. The van der Waals surface area contributed by atoms with Gasteiger partial charge in [0.15, 0.2) is 0 Å². The van der Waals surface area contributed by atoms with Crippen molar-refractivity contribution in [2.24, 2.45) is 0 Å². The number of carbonyl (C=O) groups is 1. The highest BCUT2D eigenvalue weighted by atomic mass is 32.2. The minimum atomic E-state index is -3.52. The number of anilines is 2. The van der Waals surface area contributed by atoms with E-state index in [2.05, 4.69) is 24.1 Å². The van der Waals surface area contributed by atoms with E-state index in [1.54, 1.807) is 12.1 Å². The summed E-state index contributed by atoms with van der Waals surface area (Å²) in [7, 11) is -3.52. The molecule has 0 bridgehead atoms. The van der Waals surface area contributed by atoms with Crippen LogP contribution in [0.1, 0.15) is 25.3 Å². The van der Waals surface area contributed by atoms with Crippen LogP contribution in [0.3, 0.4) is 0 Å². The molecule has 2 aliphatic rings. The van der Waals surface area contributed by atoms with Crippen LogP contribution in [0.15, 0.2) is 53.4 Å². The van der Waals surface area contributed by atoms with Crippen LogP contribution in [-0.4, -0.2) is 82.6 Å². The Labute approximate surface area is 202 Å². The third kappa shape index (κ3) is 5.96. The summed E-state index contributed by atoms with van der Waals surface area (Å²) in [5, 5.41) is 2.95. The highest BCUT2D eigenvalue weighted by molar-refractivity contribution is 7.89. The lowest BCUT2D eigenvalue weighted by atomic mass is 10.0. The summed E-state index contributed by atoms with van der Waals surface area (Å²) in [6.07, 6.45) is 0. The maximum atomic E-state index is 13.0. The lowest BCUT2D eigenvalue weighted by Crippen LogP contribution is -2.50. The molecular formula is C25H34N4O4S. The molecule has 2 saturated heterocycles. The molecule has 2 aliphatic heterocycles. The van der Waals surface area contributed by atoms with Gasteiger partial charge in [0.05, 0.1) is 24.7 Å². The van der Waals surface area contributed by atoms with Crippen molar-refractivity contribution in [2.45, 2.75) is 24.7 Å². The van der Waals surface area contributed by atoms with E-state index >= 15 is 0 Å². The lowest BCUT2D eigenvalue weighted by Gasteiger charge is -2.33. The number of carbonyl (C=O) groups excluding carboxylic acids is 1. The second kappa shape index (κ2) is 10.9. The molecular weight excluding hydrogens is 452 g/mol. The molecule has 1 N–H and O–H groups in total. The van der Waals surface area contributed by atoms with Crippen LogP contribution in [0.25, 0.3) is 0 Å². The summed E-state index contributed by atoms with van der Waals surface area (Å²) in [4.78, 5) is 17.1. The monoisotopic (exact) mass is 486 g/mol. The molecule has 0 spiro atoms. The minimum absolute atomic E-state index is 0.0975. The van der Waals surface area contributed by atoms with Gasteiger partial charge in [-0.25, -0.2) is 8.42 Å². The Kier molecular flexibility index (Phi) is 7.88. The smallest absolute Gasteiger partial charge is 0.243 e. The summed E-state index contributed by atoms with van der Waals surface area (Å²) >= 11 is 0. The number of morpholine rings is 1. The van der Waals surface area contributed by atoms with Crippen LogP contribution in [0.5, 0.6) is 0 Å². The first kappa shape index (κ1) is 24.7. The summed E-state index contributed by atoms with van der Waals surface area (Å²) in [6, 6.07) is 15.0. The zero-order valence-corrected chi connectivity index (χ0v) is 20.8. The van der Waals surface area contributed by atoms with Crippen molar-refractivity contribution in [1.82, 2.24) is 9.21 Å². The van der Waals surface area contributed by atoms with Gasteiger partial charge in [-0.05, 0) is 47.9 Å². The van der Waals surface area contributed by atoms with Gasteiger partial charge in [-0.1, -0.05) is 26.0 Å². The van der Waals surface area contributed by atoms with Crippen molar-refractivity contribution in [3.05, 3.63) is 54.1 Å². The number of piperazine rings is 1. The summed E-state index contributed by atoms with van der Waals surface area (Å²) < 4.78 is 32.9. The maximum Gasteiger partial charge on any atom is 0.243 e. The third-order valence-electron chi connectivity index (χ3n) is 6.41. The Bertz CT molecular complexity index is 1060. The van der Waals surface area contributed by atoms with Gasteiger partial charge < -0.3 is 15.0 Å². The molecule has 8 nitrogen and oxygen atoms in total. The largest absolute Gasteiger partial charge is 0.378 e. The third-order valence-corrected chi connectivity index (χ3v) is 8.32. The minimum Gasteiger partial charge on any atom is -0.378 e. The average molecular weight is 487 g/mol. The summed E-state index contributed by atoms with van der Waals surface area (Å²) in [5.74, 6) is 0.258. The van der Waals surface area contributed by atoms with Gasteiger partial charge in [0.1, 0.15) is 0 Å². The molecule has 9 heteroatoms. The van der Waals surface area contributed by atoms with Crippen molar-refractivity contribution in [3.8, 4) is 0 Å². The fraction of sp³-hybridized carbons (Fsp3) is 0.480. The maximum absolute atomic E-state index is 13.0. The van der Waals surface area contributed by atoms with E-state index in [9.17, 15) is 13.2 Å². The standard InChI is InChI=1S/C25H34N4O4S/c1-20(2)21-3-9-24(10-4-21)34(31,32)29-13-11-27(12-14-29)19-25(30)26-22-5-7-23(8-6-22)28-15-17-33-18-16-28/h3-10,20H,11-19H2,1-2H3,(H,26,30). The van der Waals surface area contributed by atoms with Crippen molar-refractivity contribution < 1.29 is 17.9 Å². The first-order chi connectivity index (χ1) is 16.3. The number of sulfonamides is 1. The zero-order chi connectivity index (χ0) is 24.1. The molecule has 4 rings (SSSR count). The van der Waals surface area contributed by atoms with E-state index in [1.807, 2.05) is 41.3 Å². The SMILES string of the molecule is CC(C)c1ccc(S(=O)(=O)N2CCN(CC(=O)Nc3ccc(N4CCOCC4)cc3)CC2)cc1. The van der Waals surface area contributed by atoms with E-state index in [4.69, 9.17) is 4.74 Å². The Hall–Kier alpha value is -2.46. The quantitative estimate of drug-likeness (QED) is 0.648. The number of nitrogens with zero attached hydrogens (tertiary/aromatic N) is 3. The molecule has 0 aromatic heterocycles. The van der Waals surface area contributed by atoms with Gasteiger partial charge in [-0.2, -0.15) is 4.31 Å². The average Bonchev–Trinajstić information content (AvgIpc) is 2.85. The molecule has 1 amide bonds. The first-order valence-corrected chi connectivity index (χ1v) is 13.3. The molecule has 184 valence electrons. The zero-order valence-electron chi connectivity index (χ0n) is 19.9. The molecule has 0 saturated carbocycles. The first-order valence-electron chi connectivity index (χ1n) is 11.9. The predicted octanol–water partition coefficient (Wildman–Crippen LogP) is 2.59. The van der Waals surface area contributed by atoms with Gasteiger partial charge in [0.2, 0.25) is 15.9 Å². The van der Waals surface area contributed by atoms with Crippen molar-refractivity contribution in [3.63, 3.8) is 0 Å². The van der Waals surface area contributed by atoms with Crippen molar-refractivity contribution >= 4 is 27.3 Å². The van der Waals surface area contributed by atoms with Gasteiger partial charge in [0, 0.05) is 50.6 Å². The van der Waals surface area contributed by atoms with Crippen LogP contribution in [0, 0.1) is 0 Å². The molecule has 0 atom stereocenters. The van der Waals surface area contributed by atoms with E-state index in [0.29, 0.717) is 37.0 Å². The van der Waals surface area contributed by atoms with E-state index in [-0.39, 0.29) is 12.5 Å².